The van der Waals surface area contributed by atoms with Gasteiger partial charge in [-0.15, -0.1) is 0 Å². The van der Waals surface area contributed by atoms with Crippen LogP contribution in [0.2, 0.25) is 0 Å². The second kappa shape index (κ2) is 7.22. The van der Waals surface area contributed by atoms with E-state index in [0.29, 0.717) is 6.04 Å². The van der Waals surface area contributed by atoms with Crippen LogP contribution in [0.5, 0.6) is 0 Å². The predicted molar refractivity (Wildman–Crippen MR) is 81.1 cm³/mol. The molecule has 20 heavy (non-hydrogen) atoms. The summed E-state index contributed by atoms with van der Waals surface area (Å²) in [5, 5.41) is 3.52. The zero-order valence-corrected chi connectivity index (χ0v) is 12.5. The molecule has 4 heteroatoms. The second-order valence-corrected chi connectivity index (χ2v) is 4.91. The molecular weight excluding hydrogens is 250 g/mol. The van der Waals surface area contributed by atoms with Crippen LogP contribution in [0, 0.1) is 6.92 Å². The summed E-state index contributed by atoms with van der Waals surface area (Å²) >= 11 is 0. The van der Waals surface area contributed by atoms with Crippen LogP contribution in [0.25, 0.3) is 5.69 Å². The van der Waals surface area contributed by atoms with Crippen LogP contribution in [0.15, 0.2) is 36.5 Å². The van der Waals surface area contributed by atoms with Gasteiger partial charge in [0.25, 0.3) is 0 Å². The number of imidazole rings is 1. The number of nitrogens with zero attached hydrogens (tertiary/aromatic N) is 2. The normalized spacial score (nSPS) is 12.6. The minimum Gasteiger partial charge on any atom is -0.383 e. The molecule has 0 saturated carbocycles. The highest BCUT2D eigenvalue weighted by Gasteiger charge is 2.10. The van der Waals surface area contributed by atoms with Gasteiger partial charge in [0, 0.05) is 25.4 Å². The fourth-order valence-electron chi connectivity index (χ4n) is 2.32. The highest BCUT2D eigenvalue weighted by molar-refractivity contribution is 5.35. The molecule has 0 bridgehead atoms. The lowest BCUT2D eigenvalue weighted by molar-refractivity contribution is 0.163. The van der Waals surface area contributed by atoms with Crippen molar-refractivity contribution in [2.75, 3.05) is 13.7 Å². The number of ether oxygens (including phenoxy) is 1. The van der Waals surface area contributed by atoms with Crippen LogP contribution in [-0.4, -0.2) is 29.3 Å². The van der Waals surface area contributed by atoms with E-state index in [1.165, 1.54) is 5.69 Å². The maximum atomic E-state index is 5.22. The highest BCUT2D eigenvalue weighted by atomic mass is 16.5. The van der Waals surface area contributed by atoms with Gasteiger partial charge in [-0.25, -0.2) is 4.98 Å². The molecule has 1 aromatic heterocycles. The molecule has 0 aliphatic carbocycles. The Kier molecular flexibility index (Phi) is 5.32. The Labute approximate surface area is 120 Å². The molecule has 0 saturated heterocycles. The van der Waals surface area contributed by atoms with Crippen LogP contribution < -0.4 is 5.32 Å². The lowest BCUT2D eigenvalue weighted by Gasteiger charge is -2.17. The first-order valence-corrected chi connectivity index (χ1v) is 7.07. The van der Waals surface area contributed by atoms with Crippen LogP contribution in [-0.2, 0) is 11.3 Å². The van der Waals surface area contributed by atoms with Gasteiger partial charge < -0.3 is 10.1 Å². The number of hydrogen-bond acceptors (Lipinski definition) is 3. The minimum absolute atomic E-state index is 0.374. The molecule has 0 radical (unpaired) electrons. The fraction of sp³-hybridized carbons (Fsp3) is 0.438. The summed E-state index contributed by atoms with van der Waals surface area (Å²) in [6.45, 7) is 5.71. The molecule has 2 rings (SSSR count). The van der Waals surface area contributed by atoms with Crippen molar-refractivity contribution in [3.05, 3.63) is 48.0 Å². The highest BCUT2D eigenvalue weighted by Crippen LogP contribution is 2.14. The van der Waals surface area contributed by atoms with E-state index in [-0.39, 0.29) is 0 Å². The zero-order valence-electron chi connectivity index (χ0n) is 12.5. The number of para-hydroxylation sites is 1. The second-order valence-electron chi connectivity index (χ2n) is 4.91. The average molecular weight is 273 g/mol. The van der Waals surface area contributed by atoms with Gasteiger partial charge in [0.1, 0.15) is 5.82 Å². The first kappa shape index (κ1) is 14.8. The van der Waals surface area contributed by atoms with Crippen LogP contribution in [0.1, 0.15) is 24.9 Å². The Morgan fingerprint density at radius 2 is 2.05 bits per heavy atom. The summed E-state index contributed by atoms with van der Waals surface area (Å²) in [5.41, 5.74) is 2.32. The predicted octanol–water partition coefficient (Wildman–Crippen LogP) is 2.70. The van der Waals surface area contributed by atoms with Crippen LogP contribution >= 0.6 is 0 Å². The van der Waals surface area contributed by atoms with Gasteiger partial charge in [-0.1, -0.05) is 25.1 Å². The molecule has 0 fully saturated rings. The summed E-state index contributed by atoms with van der Waals surface area (Å²) in [5.74, 6) is 1.01. The van der Waals surface area contributed by atoms with Crippen molar-refractivity contribution in [1.29, 1.82) is 0 Å². The molecule has 1 N–H and O–H groups in total. The summed E-state index contributed by atoms with van der Waals surface area (Å²) in [6.07, 6.45) is 2.99. The first-order valence-electron chi connectivity index (χ1n) is 7.07. The molecule has 4 nitrogen and oxygen atoms in total. The number of nitrogens with one attached hydrogen (secondary N) is 1. The smallest absolute Gasteiger partial charge is 0.110 e. The van der Waals surface area contributed by atoms with Gasteiger partial charge in [0.05, 0.1) is 18.5 Å². The third-order valence-corrected chi connectivity index (χ3v) is 3.46. The molecule has 1 aromatic carbocycles. The fourth-order valence-corrected chi connectivity index (χ4v) is 2.32. The molecule has 108 valence electrons. The molecule has 1 unspecified atom stereocenters. The summed E-state index contributed by atoms with van der Waals surface area (Å²) in [4.78, 5) is 4.43. The van der Waals surface area contributed by atoms with Crippen molar-refractivity contribution in [3.8, 4) is 5.69 Å². The van der Waals surface area contributed by atoms with Crippen molar-refractivity contribution >= 4 is 0 Å². The molecule has 2 aromatic rings. The molecule has 1 heterocycles. The third kappa shape index (κ3) is 3.46. The Bertz CT molecular complexity index is 522. The van der Waals surface area contributed by atoms with Gasteiger partial charge >= 0.3 is 0 Å². The Morgan fingerprint density at radius 3 is 2.70 bits per heavy atom. The largest absolute Gasteiger partial charge is 0.383 e. The molecule has 0 aliphatic heterocycles. The lowest BCUT2D eigenvalue weighted by Crippen LogP contribution is -2.32. The van der Waals surface area contributed by atoms with E-state index in [1.54, 1.807) is 7.11 Å². The van der Waals surface area contributed by atoms with Crippen LogP contribution in [0.3, 0.4) is 0 Å². The number of hydrogen-bond donors (Lipinski definition) is 1. The topological polar surface area (TPSA) is 39.1 Å². The molecule has 0 spiro atoms. The third-order valence-electron chi connectivity index (χ3n) is 3.46. The summed E-state index contributed by atoms with van der Waals surface area (Å²) in [7, 11) is 1.74. The van der Waals surface area contributed by atoms with Crippen molar-refractivity contribution in [1.82, 2.24) is 14.9 Å². The van der Waals surface area contributed by atoms with E-state index < -0.39 is 0 Å². The van der Waals surface area contributed by atoms with E-state index in [4.69, 9.17) is 4.74 Å². The van der Waals surface area contributed by atoms with E-state index in [2.05, 4.69) is 33.9 Å². The maximum absolute atomic E-state index is 5.22. The molecule has 1 atom stereocenters. The number of rotatable bonds is 7. The van der Waals surface area contributed by atoms with Crippen molar-refractivity contribution in [2.24, 2.45) is 0 Å². The van der Waals surface area contributed by atoms with Crippen LogP contribution in [0.4, 0.5) is 0 Å². The first-order chi connectivity index (χ1) is 9.76. The van der Waals surface area contributed by atoms with E-state index in [9.17, 15) is 0 Å². The molecule has 0 amide bonds. The van der Waals surface area contributed by atoms with Crippen molar-refractivity contribution < 1.29 is 4.74 Å². The van der Waals surface area contributed by atoms with E-state index in [1.807, 2.05) is 31.3 Å². The quantitative estimate of drug-likeness (QED) is 0.843. The average Bonchev–Trinajstić information content (AvgIpc) is 2.85. The number of aromatic nitrogens is 2. The molecular formula is C16H23N3O. The SMILES string of the molecule is CCC(COC)NCc1cnc(C)n1-c1ccccc1. The van der Waals surface area contributed by atoms with Crippen molar-refractivity contribution in [2.45, 2.75) is 32.9 Å². The number of aryl methyl sites for hydroxylation is 1. The number of benzene rings is 1. The zero-order chi connectivity index (χ0) is 14.4. The van der Waals surface area contributed by atoms with Gasteiger partial charge in [0.15, 0.2) is 0 Å². The van der Waals surface area contributed by atoms with Gasteiger partial charge in [0.2, 0.25) is 0 Å². The van der Waals surface area contributed by atoms with Crippen molar-refractivity contribution in [3.63, 3.8) is 0 Å². The van der Waals surface area contributed by atoms with E-state index in [0.717, 1.165) is 31.1 Å². The maximum Gasteiger partial charge on any atom is 0.110 e. The Balaban J connectivity index is 2.14. The number of methoxy groups -OCH3 is 1. The lowest BCUT2D eigenvalue weighted by atomic mass is 10.2. The van der Waals surface area contributed by atoms with Gasteiger partial charge in [-0.2, -0.15) is 0 Å². The minimum atomic E-state index is 0.374. The summed E-state index contributed by atoms with van der Waals surface area (Å²) in [6, 6.07) is 10.7. The standard InChI is InChI=1S/C16H23N3O/c1-4-14(12-20-3)18-11-16-10-17-13(2)19(16)15-8-6-5-7-9-15/h5-10,14,18H,4,11-12H2,1-3H3. The van der Waals surface area contributed by atoms with Gasteiger partial charge in [-0.05, 0) is 25.5 Å². The Morgan fingerprint density at radius 1 is 1.30 bits per heavy atom. The monoisotopic (exact) mass is 273 g/mol. The van der Waals surface area contributed by atoms with Gasteiger partial charge in [-0.3, -0.25) is 4.57 Å². The van der Waals surface area contributed by atoms with E-state index >= 15 is 0 Å². The Hall–Kier alpha value is -1.65. The summed E-state index contributed by atoms with van der Waals surface area (Å²) < 4.78 is 7.41. The molecule has 0 aliphatic rings.